The largest absolute Gasteiger partial charge is 0.361 e. The Labute approximate surface area is 221 Å². The fraction of sp³-hybridized carbons (Fsp3) is 0.393. The van der Waals surface area contributed by atoms with Crippen LogP contribution in [0.5, 0.6) is 0 Å². The van der Waals surface area contributed by atoms with Crippen LogP contribution in [-0.2, 0) is 25.8 Å². The lowest BCUT2D eigenvalue weighted by molar-refractivity contribution is -0.138. The molecule has 5 rings (SSSR count). The van der Waals surface area contributed by atoms with E-state index in [2.05, 4.69) is 10.3 Å². The van der Waals surface area contributed by atoms with Gasteiger partial charge in [-0.05, 0) is 44.4 Å². The van der Waals surface area contributed by atoms with Crippen molar-refractivity contribution in [3.63, 3.8) is 0 Å². The number of para-hydroxylation sites is 1. The van der Waals surface area contributed by atoms with Crippen molar-refractivity contribution >= 4 is 38.3 Å². The first-order chi connectivity index (χ1) is 17.9. The van der Waals surface area contributed by atoms with Crippen molar-refractivity contribution in [3.8, 4) is 0 Å². The molecular weight excluding hydrogens is 504 g/mol. The lowest BCUT2D eigenvalue weighted by atomic mass is 9.88. The van der Waals surface area contributed by atoms with Crippen LogP contribution in [0, 0.1) is 0 Å². The van der Waals surface area contributed by atoms with Crippen molar-refractivity contribution in [3.05, 3.63) is 65.9 Å². The number of carbonyl (C=O) groups is 3. The minimum Gasteiger partial charge on any atom is -0.361 e. The van der Waals surface area contributed by atoms with Gasteiger partial charge in [0.25, 0.3) is 0 Å². The number of piperidine rings is 1. The van der Waals surface area contributed by atoms with E-state index in [0.29, 0.717) is 13.0 Å². The Morgan fingerprint density at radius 2 is 1.87 bits per heavy atom. The highest BCUT2D eigenvalue weighted by Crippen LogP contribution is 2.43. The molecule has 9 nitrogen and oxygen atoms in total. The van der Waals surface area contributed by atoms with Gasteiger partial charge < -0.3 is 20.9 Å². The molecule has 1 unspecified atom stereocenters. The number of aromatic amines is 1. The van der Waals surface area contributed by atoms with E-state index in [1.807, 2.05) is 30.5 Å². The zero-order valence-corrected chi connectivity index (χ0v) is 22.3. The fourth-order valence-electron chi connectivity index (χ4n) is 5.58. The van der Waals surface area contributed by atoms with Gasteiger partial charge in [0.15, 0.2) is 15.6 Å². The third-order valence-corrected chi connectivity index (χ3v) is 10.2. The predicted octanol–water partition coefficient (Wildman–Crippen LogP) is 2.35. The van der Waals surface area contributed by atoms with Gasteiger partial charge in [0.2, 0.25) is 11.8 Å². The summed E-state index contributed by atoms with van der Waals surface area (Å²) in [7, 11) is -3.88. The Balaban J connectivity index is 1.47. The molecular formula is C28H32N4O5S. The maximum atomic E-state index is 14.0. The molecule has 10 heteroatoms. The summed E-state index contributed by atoms with van der Waals surface area (Å²) < 4.78 is 26.2. The van der Waals surface area contributed by atoms with Crippen molar-refractivity contribution < 1.29 is 22.8 Å². The molecule has 0 bridgehead atoms. The summed E-state index contributed by atoms with van der Waals surface area (Å²) >= 11 is 0. The van der Waals surface area contributed by atoms with Crippen LogP contribution in [0.1, 0.15) is 49.0 Å². The maximum absolute atomic E-state index is 14.0. The first kappa shape index (κ1) is 26.1. The van der Waals surface area contributed by atoms with E-state index in [0.717, 1.165) is 16.5 Å². The van der Waals surface area contributed by atoms with E-state index in [1.54, 1.807) is 26.0 Å². The van der Waals surface area contributed by atoms with Crippen LogP contribution in [0.3, 0.4) is 0 Å². The normalized spacial score (nSPS) is 21.8. The molecule has 2 aromatic carbocycles. The maximum Gasteiger partial charge on any atom is 0.245 e. The number of Topliss-reactive ketones (excluding diaryl/α,β-unsaturated/α-hetero) is 1. The Hall–Kier alpha value is -3.50. The molecule has 200 valence electrons. The molecule has 1 fully saturated rings. The molecule has 0 radical (unpaired) electrons. The SMILES string of the molecule is CC(C)(N)C(=O)N[C@H](Cc1c[nH]c2ccccc12)C(=O)N1CCCC2(CC(=O)c3ccccc3S2(=O)=O)C1. The molecule has 0 aliphatic carbocycles. The lowest BCUT2D eigenvalue weighted by Crippen LogP contribution is -2.61. The van der Waals surface area contributed by atoms with Gasteiger partial charge in [-0.3, -0.25) is 14.4 Å². The molecule has 2 aliphatic rings. The number of H-pyrrole nitrogens is 1. The summed E-state index contributed by atoms with van der Waals surface area (Å²) in [6, 6.07) is 13.0. The van der Waals surface area contributed by atoms with Gasteiger partial charge in [0.1, 0.15) is 10.8 Å². The van der Waals surface area contributed by atoms with Crippen LogP contribution in [0.2, 0.25) is 0 Å². The number of ketones is 1. The third kappa shape index (κ3) is 4.41. The van der Waals surface area contributed by atoms with Gasteiger partial charge in [-0.25, -0.2) is 8.42 Å². The fourth-order valence-corrected chi connectivity index (χ4v) is 7.84. The summed E-state index contributed by atoms with van der Waals surface area (Å²) in [6.07, 6.45) is 2.54. The highest BCUT2D eigenvalue weighted by molar-refractivity contribution is 7.93. The van der Waals surface area contributed by atoms with Crippen LogP contribution >= 0.6 is 0 Å². The standard InChI is InChI=1S/C28H32N4O5S/c1-27(2,29)26(35)31-22(14-18-16-30-21-10-5-3-8-19(18)21)25(34)32-13-7-12-28(17-32)15-23(33)20-9-4-6-11-24(20)38(28,36)37/h3-6,8-11,16,22,30H,7,12-15,17,29H2,1-2H3,(H,31,35)/t22-,28?/m1/s1. The Morgan fingerprint density at radius 1 is 1.16 bits per heavy atom. The van der Waals surface area contributed by atoms with Crippen molar-refractivity contribution in [2.75, 3.05) is 13.1 Å². The molecule has 1 spiro atoms. The molecule has 0 saturated carbocycles. The summed E-state index contributed by atoms with van der Waals surface area (Å²) in [5, 5.41) is 3.74. The van der Waals surface area contributed by atoms with Gasteiger partial charge in [-0.1, -0.05) is 36.4 Å². The molecule has 1 aromatic heterocycles. The van der Waals surface area contributed by atoms with E-state index >= 15 is 0 Å². The number of hydrogen-bond donors (Lipinski definition) is 3. The molecule has 38 heavy (non-hydrogen) atoms. The average Bonchev–Trinajstić information content (AvgIpc) is 3.29. The Kier molecular flexibility index (Phi) is 6.43. The zero-order chi connectivity index (χ0) is 27.3. The van der Waals surface area contributed by atoms with Crippen LogP contribution in [0.15, 0.2) is 59.6 Å². The number of benzene rings is 2. The van der Waals surface area contributed by atoms with E-state index in [-0.39, 0.29) is 42.0 Å². The number of aromatic nitrogens is 1. The van der Waals surface area contributed by atoms with E-state index in [4.69, 9.17) is 5.73 Å². The van der Waals surface area contributed by atoms with Crippen LogP contribution in [0.4, 0.5) is 0 Å². The quantitative estimate of drug-likeness (QED) is 0.457. The first-order valence-corrected chi connectivity index (χ1v) is 14.2. The second kappa shape index (κ2) is 9.36. The van der Waals surface area contributed by atoms with Crippen LogP contribution < -0.4 is 11.1 Å². The van der Waals surface area contributed by atoms with Gasteiger partial charge in [-0.15, -0.1) is 0 Å². The Morgan fingerprint density at radius 3 is 2.63 bits per heavy atom. The summed E-state index contributed by atoms with van der Waals surface area (Å²) in [5.41, 5.74) is 6.75. The highest BCUT2D eigenvalue weighted by Gasteiger charge is 2.54. The Bertz CT molecular complexity index is 1540. The number of nitrogens with zero attached hydrogens (tertiary/aromatic N) is 1. The highest BCUT2D eigenvalue weighted by atomic mass is 32.2. The van der Waals surface area contributed by atoms with E-state index < -0.39 is 38.0 Å². The number of likely N-dealkylation sites (tertiary alicyclic amines) is 1. The summed E-state index contributed by atoms with van der Waals surface area (Å²) in [5.74, 6) is -1.12. The lowest BCUT2D eigenvalue weighted by Gasteiger charge is -2.44. The van der Waals surface area contributed by atoms with Crippen molar-refractivity contribution in [1.82, 2.24) is 15.2 Å². The zero-order valence-electron chi connectivity index (χ0n) is 21.5. The summed E-state index contributed by atoms with van der Waals surface area (Å²) in [4.78, 5) is 44.6. The monoisotopic (exact) mass is 536 g/mol. The number of nitrogens with two attached hydrogens (primary N) is 1. The number of carbonyl (C=O) groups excluding carboxylic acids is 3. The van der Waals surface area contributed by atoms with E-state index in [1.165, 1.54) is 17.0 Å². The summed E-state index contributed by atoms with van der Waals surface area (Å²) in [6.45, 7) is 3.34. The second-order valence-electron chi connectivity index (χ2n) is 11.0. The molecule has 3 aromatic rings. The van der Waals surface area contributed by atoms with Crippen molar-refractivity contribution in [1.29, 1.82) is 0 Å². The third-order valence-electron chi connectivity index (χ3n) is 7.67. The molecule has 1 saturated heterocycles. The predicted molar refractivity (Wildman–Crippen MR) is 143 cm³/mol. The molecule has 2 atom stereocenters. The smallest absolute Gasteiger partial charge is 0.245 e. The number of rotatable bonds is 5. The van der Waals surface area contributed by atoms with E-state index in [9.17, 15) is 22.8 Å². The first-order valence-electron chi connectivity index (χ1n) is 12.7. The van der Waals surface area contributed by atoms with Crippen molar-refractivity contribution in [2.24, 2.45) is 5.73 Å². The van der Waals surface area contributed by atoms with Gasteiger partial charge >= 0.3 is 0 Å². The van der Waals surface area contributed by atoms with Gasteiger partial charge in [-0.2, -0.15) is 0 Å². The number of hydrogen-bond acceptors (Lipinski definition) is 6. The number of amides is 2. The van der Waals surface area contributed by atoms with Gasteiger partial charge in [0, 0.05) is 48.6 Å². The minimum atomic E-state index is -3.88. The number of nitrogens with one attached hydrogen (secondary N) is 2. The number of sulfone groups is 1. The molecule has 2 amide bonds. The topological polar surface area (TPSA) is 142 Å². The van der Waals surface area contributed by atoms with Crippen LogP contribution in [0.25, 0.3) is 10.9 Å². The molecule has 2 aliphatic heterocycles. The minimum absolute atomic E-state index is 0.0269. The second-order valence-corrected chi connectivity index (χ2v) is 13.3. The average molecular weight is 537 g/mol. The van der Waals surface area contributed by atoms with Crippen molar-refractivity contribution in [2.45, 2.75) is 60.8 Å². The number of fused-ring (bicyclic) bond motifs is 2. The van der Waals surface area contributed by atoms with Gasteiger partial charge in [0.05, 0.1) is 10.4 Å². The molecule has 4 N–H and O–H groups in total. The molecule has 3 heterocycles. The van der Waals surface area contributed by atoms with Crippen LogP contribution in [-0.4, -0.2) is 65.3 Å².